The summed E-state index contributed by atoms with van der Waals surface area (Å²) in [6, 6.07) is 12.2. The Morgan fingerprint density at radius 3 is 2.32 bits per heavy atom. The minimum absolute atomic E-state index is 0.0934. The third-order valence-corrected chi connectivity index (χ3v) is 2.92. The average Bonchev–Trinajstić information content (AvgIpc) is 2.86. The van der Waals surface area contributed by atoms with Crippen molar-refractivity contribution in [3.8, 4) is 5.69 Å². The first-order valence-corrected chi connectivity index (χ1v) is 5.84. The molecule has 0 N–H and O–H groups in total. The Morgan fingerprint density at radius 1 is 0.947 bits per heavy atom. The number of nitrogens with zero attached hydrogens (tertiary/aromatic N) is 2. The van der Waals surface area contributed by atoms with Crippen LogP contribution >= 0.6 is 0 Å². The van der Waals surface area contributed by atoms with Crippen LogP contribution in [0.2, 0.25) is 0 Å². The molecular weight excluding hydrogens is 244 g/mol. The number of ether oxygens (including phenoxy) is 1. The van der Waals surface area contributed by atoms with Crippen LogP contribution in [0, 0.1) is 6.61 Å². The summed E-state index contributed by atoms with van der Waals surface area (Å²) >= 11 is 0. The third-order valence-electron chi connectivity index (χ3n) is 2.92. The first kappa shape index (κ1) is 11.5. The fourth-order valence-corrected chi connectivity index (χ4v) is 1.97. The normalized spacial score (nSPS) is 14.5. The molecule has 1 fully saturated rings. The molecule has 0 atom stereocenters. The van der Waals surface area contributed by atoms with E-state index in [9.17, 15) is 9.59 Å². The zero-order chi connectivity index (χ0) is 13.2. The zero-order valence-electron chi connectivity index (χ0n) is 10.0. The topological polar surface area (TPSA) is 51.5 Å². The number of cyclic esters (lactones) is 1. The summed E-state index contributed by atoms with van der Waals surface area (Å²) in [5, 5.41) is 0. The second kappa shape index (κ2) is 4.61. The van der Waals surface area contributed by atoms with Crippen molar-refractivity contribution in [1.82, 2.24) is 4.57 Å². The van der Waals surface area contributed by atoms with Crippen molar-refractivity contribution in [1.29, 1.82) is 0 Å². The second-order valence-corrected chi connectivity index (χ2v) is 4.09. The number of hydrogen-bond donors (Lipinski definition) is 0. The van der Waals surface area contributed by atoms with Crippen LogP contribution in [0.25, 0.3) is 5.69 Å². The largest absolute Gasteiger partial charge is 0.440 e. The van der Waals surface area contributed by atoms with Crippen LogP contribution in [0.1, 0.15) is 0 Å². The van der Waals surface area contributed by atoms with Gasteiger partial charge in [-0.3, -0.25) is 14.3 Å². The van der Waals surface area contributed by atoms with Gasteiger partial charge in [-0.1, -0.05) is 6.07 Å². The Bertz CT molecular complexity index is 661. The van der Waals surface area contributed by atoms with E-state index in [1.54, 1.807) is 42.6 Å². The van der Waals surface area contributed by atoms with Crippen molar-refractivity contribution >= 4 is 11.8 Å². The Morgan fingerprint density at radius 2 is 1.68 bits per heavy atom. The van der Waals surface area contributed by atoms with Gasteiger partial charge in [0.2, 0.25) is 0 Å². The lowest BCUT2D eigenvalue weighted by Gasteiger charge is -2.13. The van der Waals surface area contributed by atoms with E-state index in [0.29, 0.717) is 6.54 Å². The molecule has 19 heavy (non-hydrogen) atoms. The van der Waals surface area contributed by atoms with E-state index in [0.717, 1.165) is 11.4 Å². The van der Waals surface area contributed by atoms with E-state index in [2.05, 4.69) is 0 Å². The third kappa shape index (κ3) is 2.10. The molecule has 1 saturated heterocycles. The van der Waals surface area contributed by atoms with Gasteiger partial charge in [0.25, 0.3) is 5.56 Å². The molecule has 1 aliphatic rings. The molecule has 1 aromatic carbocycles. The molecule has 0 spiro atoms. The summed E-state index contributed by atoms with van der Waals surface area (Å²) < 4.78 is 6.30. The SMILES string of the molecule is O=C1O[CH]CN1c1ccc(-n2ccccc2=O)cc1. The Kier molecular flexibility index (Phi) is 2.79. The Hall–Kier alpha value is -2.56. The number of pyridine rings is 1. The Labute approximate surface area is 109 Å². The fraction of sp³-hybridized carbons (Fsp3) is 0.0714. The van der Waals surface area contributed by atoms with E-state index in [-0.39, 0.29) is 11.7 Å². The van der Waals surface area contributed by atoms with Crippen LogP contribution in [-0.2, 0) is 4.74 Å². The van der Waals surface area contributed by atoms with Gasteiger partial charge in [0.05, 0.1) is 6.54 Å². The molecule has 0 bridgehead atoms. The number of amides is 1. The lowest BCUT2D eigenvalue weighted by atomic mass is 10.2. The van der Waals surface area contributed by atoms with Crippen LogP contribution in [-0.4, -0.2) is 17.2 Å². The summed E-state index contributed by atoms with van der Waals surface area (Å²) in [4.78, 5) is 24.6. The van der Waals surface area contributed by atoms with Gasteiger partial charge in [0.15, 0.2) is 6.61 Å². The van der Waals surface area contributed by atoms with Gasteiger partial charge in [0.1, 0.15) is 0 Å². The number of carbonyl (C=O) groups is 1. The fourth-order valence-electron chi connectivity index (χ4n) is 1.97. The van der Waals surface area contributed by atoms with E-state index in [4.69, 9.17) is 4.74 Å². The number of benzene rings is 1. The predicted molar refractivity (Wildman–Crippen MR) is 70.2 cm³/mol. The van der Waals surface area contributed by atoms with Gasteiger partial charge in [-0.25, -0.2) is 4.79 Å². The van der Waals surface area contributed by atoms with Crippen molar-refractivity contribution < 1.29 is 9.53 Å². The highest BCUT2D eigenvalue weighted by atomic mass is 16.6. The molecule has 3 rings (SSSR count). The standard InChI is InChI=1S/C14H11N2O3/c17-13-3-1-2-8-15(13)11-4-6-12(7-5-11)16-9-10-19-14(16)18/h1-8,10H,9H2. The first-order chi connectivity index (χ1) is 9.25. The average molecular weight is 255 g/mol. The maximum Gasteiger partial charge on any atom is 0.414 e. The van der Waals surface area contributed by atoms with Crippen LogP contribution < -0.4 is 10.5 Å². The van der Waals surface area contributed by atoms with Gasteiger partial charge in [-0.15, -0.1) is 0 Å². The van der Waals surface area contributed by atoms with Crippen molar-refractivity contribution in [2.45, 2.75) is 0 Å². The molecule has 5 nitrogen and oxygen atoms in total. The first-order valence-electron chi connectivity index (χ1n) is 5.84. The molecule has 1 aromatic heterocycles. The molecule has 1 radical (unpaired) electrons. The van der Waals surface area contributed by atoms with Crippen LogP contribution in [0.4, 0.5) is 10.5 Å². The zero-order valence-corrected chi connectivity index (χ0v) is 10.0. The van der Waals surface area contributed by atoms with E-state index >= 15 is 0 Å². The van der Waals surface area contributed by atoms with E-state index in [1.807, 2.05) is 0 Å². The lowest BCUT2D eigenvalue weighted by molar-refractivity contribution is 0.196. The maximum atomic E-state index is 11.7. The van der Waals surface area contributed by atoms with E-state index in [1.165, 1.54) is 22.1 Å². The number of hydrogen-bond acceptors (Lipinski definition) is 3. The molecule has 1 aliphatic heterocycles. The lowest BCUT2D eigenvalue weighted by Crippen LogP contribution is -2.23. The summed E-state index contributed by atoms with van der Waals surface area (Å²) in [5.74, 6) is 0. The molecule has 1 amide bonds. The summed E-state index contributed by atoms with van der Waals surface area (Å²) in [5.41, 5.74) is 1.40. The van der Waals surface area contributed by atoms with Crippen molar-refractivity contribution in [3.05, 3.63) is 65.6 Å². The van der Waals surface area contributed by atoms with Crippen LogP contribution in [0.3, 0.4) is 0 Å². The van der Waals surface area contributed by atoms with Crippen molar-refractivity contribution in [3.63, 3.8) is 0 Å². The highest BCUT2D eigenvalue weighted by Crippen LogP contribution is 2.21. The van der Waals surface area contributed by atoms with Gasteiger partial charge in [-0.05, 0) is 30.3 Å². The van der Waals surface area contributed by atoms with Gasteiger partial charge >= 0.3 is 6.09 Å². The Balaban J connectivity index is 1.93. The second-order valence-electron chi connectivity index (χ2n) is 4.09. The molecule has 95 valence electrons. The number of carbonyl (C=O) groups excluding carboxylic acids is 1. The molecule has 2 aromatic rings. The molecule has 5 heteroatoms. The summed E-state index contributed by atoms with van der Waals surface area (Å²) in [7, 11) is 0. The van der Waals surface area contributed by atoms with E-state index < -0.39 is 0 Å². The minimum Gasteiger partial charge on any atom is -0.440 e. The highest BCUT2D eigenvalue weighted by Gasteiger charge is 2.23. The smallest absolute Gasteiger partial charge is 0.414 e. The quantitative estimate of drug-likeness (QED) is 0.824. The molecule has 2 heterocycles. The predicted octanol–water partition coefficient (Wildman–Crippen LogP) is 1.96. The maximum absolute atomic E-state index is 11.7. The highest BCUT2D eigenvalue weighted by molar-refractivity contribution is 5.90. The molecule has 0 aliphatic carbocycles. The van der Waals surface area contributed by atoms with Crippen molar-refractivity contribution in [2.75, 3.05) is 11.4 Å². The molecule has 0 saturated carbocycles. The number of rotatable bonds is 2. The number of anilines is 1. The molecular formula is C14H11N2O3. The van der Waals surface area contributed by atoms with Crippen LogP contribution in [0.15, 0.2) is 53.5 Å². The van der Waals surface area contributed by atoms with Gasteiger partial charge in [0, 0.05) is 23.6 Å². The van der Waals surface area contributed by atoms with Crippen molar-refractivity contribution in [2.24, 2.45) is 0 Å². The monoisotopic (exact) mass is 255 g/mol. The summed E-state index contributed by atoms with van der Waals surface area (Å²) in [6.45, 7) is 1.89. The van der Waals surface area contributed by atoms with Crippen LogP contribution in [0.5, 0.6) is 0 Å². The minimum atomic E-state index is -0.385. The summed E-state index contributed by atoms with van der Waals surface area (Å²) in [6.07, 6.45) is 1.32. The molecule has 0 unspecified atom stereocenters. The van der Waals surface area contributed by atoms with Gasteiger partial charge < -0.3 is 4.74 Å². The van der Waals surface area contributed by atoms with Gasteiger partial charge in [-0.2, -0.15) is 0 Å². The number of aromatic nitrogens is 1.